The molecular formula is C16H29Y-. The minimum atomic E-state index is 0. The quantitative estimate of drug-likeness (QED) is 0.623. The molecule has 1 unspecified atom stereocenters. The van der Waals surface area contributed by atoms with E-state index in [-0.39, 0.29) is 32.7 Å². The summed E-state index contributed by atoms with van der Waals surface area (Å²) in [5, 5.41) is 0. The van der Waals surface area contributed by atoms with Crippen LogP contribution in [0.25, 0.3) is 0 Å². The zero-order valence-corrected chi connectivity index (χ0v) is 14.7. The molecule has 2 aliphatic rings. The van der Waals surface area contributed by atoms with Gasteiger partial charge in [-0.25, -0.2) is 0 Å². The summed E-state index contributed by atoms with van der Waals surface area (Å²) in [4.78, 5) is 0. The van der Waals surface area contributed by atoms with Crippen molar-refractivity contribution in [2.75, 3.05) is 0 Å². The second-order valence-corrected chi connectivity index (χ2v) is 6.60. The summed E-state index contributed by atoms with van der Waals surface area (Å²) in [7, 11) is 0. The van der Waals surface area contributed by atoms with E-state index in [4.69, 9.17) is 0 Å². The van der Waals surface area contributed by atoms with Gasteiger partial charge in [0, 0.05) is 32.7 Å². The van der Waals surface area contributed by atoms with E-state index in [9.17, 15) is 0 Å². The van der Waals surface area contributed by atoms with Crippen LogP contribution in [-0.2, 0) is 32.7 Å². The van der Waals surface area contributed by atoms with Gasteiger partial charge in [-0.2, -0.15) is 6.42 Å². The molecule has 0 heterocycles. The summed E-state index contributed by atoms with van der Waals surface area (Å²) in [5.74, 6) is 5.04. The van der Waals surface area contributed by atoms with Crippen molar-refractivity contribution in [3.05, 3.63) is 6.92 Å². The van der Waals surface area contributed by atoms with Gasteiger partial charge in [-0.1, -0.05) is 51.9 Å². The van der Waals surface area contributed by atoms with Gasteiger partial charge < -0.3 is 6.92 Å². The van der Waals surface area contributed by atoms with Gasteiger partial charge in [0.15, 0.2) is 0 Å². The smallest absolute Gasteiger partial charge is 0 e. The van der Waals surface area contributed by atoms with Gasteiger partial charge in [-0.05, 0) is 36.5 Å². The van der Waals surface area contributed by atoms with Crippen molar-refractivity contribution in [3.8, 4) is 0 Å². The van der Waals surface area contributed by atoms with E-state index < -0.39 is 0 Å². The van der Waals surface area contributed by atoms with Gasteiger partial charge >= 0.3 is 0 Å². The first-order valence-corrected chi connectivity index (χ1v) is 7.50. The van der Waals surface area contributed by atoms with Crippen LogP contribution in [0.5, 0.6) is 0 Å². The van der Waals surface area contributed by atoms with Crippen LogP contribution in [0.3, 0.4) is 0 Å². The first-order valence-electron chi connectivity index (χ1n) is 7.50. The molecule has 2 rings (SSSR count). The van der Waals surface area contributed by atoms with E-state index in [2.05, 4.69) is 20.8 Å². The van der Waals surface area contributed by atoms with Gasteiger partial charge in [0.25, 0.3) is 0 Å². The Balaban J connectivity index is 0.00000144. The molecule has 97 valence electrons. The van der Waals surface area contributed by atoms with Crippen molar-refractivity contribution in [3.63, 3.8) is 0 Å². The second kappa shape index (κ2) is 7.63. The van der Waals surface area contributed by atoms with Crippen LogP contribution in [0, 0.1) is 36.5 Å². The Morgan fingerprint density at radius 2 is 1.41 bits per heavy atom. The molecule has 0 saturated heterocycles. The first-order chi connectivity index (χ1) is 7.70. The van der Waals surface area contributed by atoms with E-state index >= 15 is 0 Å². The normalized spacial score (nSPS) is 42.9. The summed E-state index contributed by atoms with van der Waals surface area (Å²) in [5.41, 5.74) is 0. The molecule has 2 fully saturated rings. The Morgan fingerprint density at radius 3 is 1.94 bits per heavy atom. The largest absolute Gasteiger partial charge is 0.343 e. The zero-order chi connectivity index (χ0) is 11.5. The Labute approximate surface area is 134 Å². The molecule has 0 aliphatic heterocycles. The third-order valence-electron chi connectivity index (χ3n) is 5.61. The molecule has 0 N–H and O–H groups in total. The second-order valence-electron chi connectivity index (χ2n) is 6.60. The summed E-state index contributed by atoms with van der Waals surface area (Å²) < 4.78 is 0. The third kappa shape index (κ3) is 4.31. The van der Waals surface area contributed by atoms with E-state index in [1.807, 2.05) is 0 Å². The summed E-state index contributed by atoms with van der Waals surface area (Å²) in [6.07, 6.45) is 11.6. The first kappa shape index (κ1) is 16.2. The maximum atomic E-state index is 4.07. The van der Waals surface area contributed by atoms with Crippen LogP contribution in [0.2, 0.25) is 0 Å². The molecule has 0 bridgehead atoms. The maximum Gasteiger partial charge on any atom is 0 e. The van der Waals surface area contributed by atoms with E-state index in [1.54, 1.807) is 0 Å². The molecule has 0 spiro atoms. The maximum absolute atomic E-state index is 4.07. The minimum absolute atomic E-state index is 0. The van der Waals surface area contributed by atoms with Crippen LogP contribution < -0.4 is 0 Å². The van der Waals surface area contributed by atoms with Crippen molar-refractivity contribution < 1.29 is 32.7 Å². The average Bonchev–Trinajstić information content (AvgIpc) is 2.33. The van der Waals surface area contributed by atoms with Gasteiger partial charge in [0.05, 0.1) is 0 Å². The third-order valence-corrected chi connectivity index (χ3v) is 5.61. The van der Waals surface area contributed by atoms with Gasteiger partial charge in [0.2, 0.25) is 0 Å². The van der Waals surface area contributed by atoms with Crippen molar-refractivity contribution in [1.29, 1.82) is 0 Å². The molecular weight excluding hydrogens is 281 g/mol. The number of hydrogen-bond donors (Lipinski definition) is 0. The van der Waals surface area contributed by atoms with Crippen LogP contribution in [0.1, 0.15) is 65.2 Å². The predicted octanol–water partition coefficient (Wildman–Crippen LogP) is 5.09. The molecule has 1 heteroatoms. The van der Waals surface area contributed by atoms with Crippen molar-refractivity contribution in [1.82, 2.24) is 0 Å². The topological polar surface area (TPSA) is 0 Å². The summed E-state index contributed by atoms with van der Waals surface area (Å²) in [6, 6.07) is 0. The Kier molecular flexibility index (Phi) is 7.26. The average molecular weight is 310 g/mol. The molecule has 1 radical (unpaired) electrons. The van der Waals surface area contributed by atoms with Crippen molar-refractivity contribution in [2.45, 2.75) is 65.2 Å². The molecule has 0 aromatic heterocycles. The Bertz CT molecular complexity index is 206. The van der Waals surface area contributed by atoms with E-state index in [1.165, 1.54) is 51.4 Å². The fourth-order valence-corrected chi connectivity index (χ4v) is 3.97. The molecule has 0 aromatic rings. The summed E-state index contributed by atoms with van der Waals surface area (Å²) in [6.45, 7) is 8.98. The van der Waals surface area contributed by atoms with E-state index in [0.29, 0.717) is 0 Å². The molecule has 0 nitrogen and oxygen atoms in total. The van der Waals surface area contributed by atoms with Gasteiger partial charge in [-0.3, -0.25) is 0 Å². The van der Waals surface area contributed by atoms with Crippen molar-refractivity contribution >= 4 is 0 Å². The fourth-order valence-electron chi connectivity index (χ4n) is 3.97. The van der Waals surface area contributed by atoms with Crippen LogP contribution >= 0.6 is 0 Å². The number of hydrogen-bond acceptors (Lipinski definition) is 0. The monoisotopic (exact) mass is 310 g/mol. The standard InChI is InChI=1S/C16H29.Y/c1-4-14-6-9-15(10-7-14)16-8-5-12(2)13(3)11-16;/h12-16H,1,4-11H2,2-3H3;/q-1;/t12-,13?,14?,15?,16-;/m1./s1. The molecule has 0 aromatic carbocycles. The van der Waals surface area contributed by atoms with Crippen molar-refractivity contribution in [2.24, 2.45) is 29.6 Å². The SMILES string of the molecule is [CH2-]CC1CCC([C@@H]2CC[C@@H](C)C(C)C2)CC1.[Y]. The van der Waals surface area contributed by atoms with Crippen LogP contribution in [0.15, 0.2) is 0 Å². The van der Waals surface area contributed by atoms with Crippen LogP contribution in [-0.4, -0.2) is 0 Å². The molecule has 17 heavy (non-hydrogen) atoms. The van der Waals surface area contributed by atoms with Gasteiger partial charge in [-0.15, -0.1) is 0 Å². The molecule has 2 aliphatic carbocycles. The molecule has 3 atom stereocenters. The minimum Gasteiger partial charge on any atom is -0.343 e. The molecule has 0 amide bonds. The van der Waals surface area contributed by atoms with Gasteiger partial charge in [0.1, 0.15) is 0 Å². The predicted molar refractivity (Wildman–Crippen MR) is 71.1 cm³/mol. The fraction of sp³-hybridized carbons (Fsp3) is 0.938. The summed E-state index contributed by atoms with van der Waals surface area (Å²) >= 11 is 0. The molecule has 2 saturated carbocycles. The Hall–Kier alpha value is 1.10. The number of rotatable bonds is 2. The van der Waals surface area contributed by atoms with Crippen LogP contribution in [0.4, 0.5) is 0 Å². The zero-order valence-electron chi connectivity index (χ0n) is 11.8. The van der Waals surface area contributed by atoms with E-state index in [0.717, 1.165) is 29.6 Å². The Morgan fingerprint density at radius 1 is 0.824 bits per heavy atom.